The van der Waals surface area contributed by atoms with Gasteiger partial charge in [-0.25, -0.2) is 9.78 Å². The molecule has 25 heavy (non-hydrogen) atoms. The van der Waals surface area contributed by atoms with Crippen molar-refractivity contribution in [3.8, 4) is 0 Å². The van der Waals surface area contributed by atoms with Crippen molar-refractivity contribution < 1.29 is 19.5 Å². The predicted molar refractivity (Wildman–Crippen MR) is 93.3 cm³/mol. The van der Waals surface area contributed by atoms with E-state index in [9.17, 15) is 14.4 Å². The molecule has 1 aromatic carbocycles. The molecule has 0 aliphatic carbocycles. The Morgan fingerprint density at radius 3 is 2.56 bits per heavy atom. The van der Waals surface area contributed by atoms with Gasteiger partial charge < -0.3 is 15.3 Å². The number of amides is 2. The molecule has 0 unspecified atom stereocenters. The lowest BCUT2D eigenvalue weighted by Crippen LogP contribution is -2.40. The van der Waals surface area contributed by atoms with Crippen LogP contribution in [0.4, 0.5) is 0 Å². The molecule has 8 heteroatoms. The van der Waals surface area contributed by atoms with Crippen LogP contribution in [0.5, 0.6) is 0 Å². The molecule has 0 fully saturated rings. The number of carbonyl (C=O) groups excluding carboxylic acids is 2. The highest BCUT2D eigenvalue weighted by Crippen LogP contribution is 2.09. The van der Waals surface area contributed by atoms with Crippen molar-refractivity contribution in [3.05, 3.63) is 52.0 Å². The zero-order valence-electron chi connectivity index (χ0n) is 13.8. The largest absolute Gasteiger partial charge is 0.476 e. The van der Waals surface area contributed by atoms with Crippen LogP contribution in [0.2, 0.25) is 0 Å². The van der Waals surface area contributed by atoms with Crippen molar-refractivity contribution >= 4 is 29.1 Å². The van der Waals surface area contributed by atoms with Gasteiger partial charge in [0, 0.05) is 18.8 Å². The van der Waals surface area contributed by atoms with E-state index in [1.165, 1.54) is 28.5 Å². The molecule has 132 valence electrons. The molecule has 1 heterocycles. The summed E-state index contributed by atoms with van der Waals surface area (Å²) < 4.78 is 0. The average molecular weight is 361 g/mol. The molecule has 0 radical (unpaired) electrons. The molecule has 1 aromatic heterocycles. The van der Waals surface area contributed by atoms with Gasteiger partial charge in [0.05, 0.1) is 13.1 Å². The highest BCUT2D eigenvalue weighted by atomic mass is 32.1. The van der Waals surface area contributed by atoms with Gasteiger partial charge in [0.25, 0.3) is 0 Å². The summed E-state index contributed by atoms with van der Waals surface area (Å²) in [6, 6.07) is 9.73. The maximum atomic E-state index is 12.0. The SMILES string of the molecule is CC(=O)N(CCc1ccccc1)CC(=O)NCc1nc(C(=O)O)cs1. The van der Waals surface area contributed by atoms with Gasteiger partial charge in [-0.3, -0.25) is 9.59 Å². The summed E-state index contributed by atoms with van der Waals surface area (Å²) in [4.78, 5) is 39.9. The predicted octanol–water partition coefficient (Wildman–Crippen LogP) is 1.55. The first-order valence-corrected chi connectivity index (χ1v) is 8.57. The Hall–Kier alpha value is -2.74. The number of aromatic carboxylic acids is 1. The molecule has 2 amide bonds. The molecule has 0 atom stereocenters. The van der Waals surface area contributed by atoms with Crippen molar-refractivity contribution in [2.24, 2.45) is 0 Å². The van der Waals surface area contributed by atoms with Crippen molar-refractivity contribution in [3.63, 3.8) is 0 Å². The average Bonchev–Trinajstić information content (AvgIpc) is 3.07. The summed E-state index contributed by atoms with van der Waals surface area (Å²) in [6.07, 6.45) is 0.669. The van der Waals surface area contributed by atoms with Crippen LogP contribution in [-0.4, -0.2) is 45.9 Å². The third kappa shape index (κ3) is 6.00. The molecule has 0 saturated heterocycles. The van der Waals surface area contributed by atoms with Crippen molar-refractivity contribution in [2.75, 3.05) is 13.1 Å². The second-order valence-corrected chi connectivity index (χ2v) is 6.33. The lowest BCUT2D eigenvalue weighted by molar-refractivity contribution is -0.134. The summed E-state index contributed by atoms with van der Waals surface area (Å²) in [6.45, 7) is 1.98. The normalized spacial score (nSPS) is 10.3. The first-order valence-electron chi connectivity index (χ1n) is 7.69. The summed E-state index contributed by atoms with van der Waals surface area (Å²) in [7, 11) is 0. The van der Waals surface area contributed by atoms with E-state index in [1.807, 2.05) is 30.3 Å². The monoisotopic (exact) mass is 361 g/mol. The lowest BCUT2D eigenvalue weighted by atomic mass is 10.1. The number of nitrogens with zero attached hydrogens (tertiary/aromatic N) is 2. The Balaban J connectivity index is 1.82. The summed E-state index contributed by atoms with van der Waals surface area (Å²) in [5, 5.41) is 13.4. The first-order chi connectivity index (χ1) is 12.0. The third-order valence-corrected chi connectivity index (χ3v) is 4.35. The maximum Gasteiger partial charge on any atom is 0.355 e. The summed E-state index contributed by atoms with van der Waals surface area (Å²) >= 11 is 1.17. The minimum atomic E-state index is -1.10. The van der Waals surface area contributed by atoms with Crippen molar-refractivity contribution in [2.45, 2.75) is 19.9 Å². The Morgan fingerprint density at radius 2 is 1.96 bits per heavy atom. The molecule has 2 N–H and O–H groups in total. The highest BCUT2D eigenvalue weighted by Gasteiger charge is 2.14. The van der Waals surface area contributed by atoms with E-state index in [4.69, 9.17) is 5.11 Å². The number of aromatic nitrogens is 1. The van der Waals surface area contributed by atoms with Gasteiger partial charge in [-0.05, 0) is 12.0 Å². The van der Waals surface area contributed by atoms with Crippen LogP contribution in [0.1, 0.15) is 28.0 Å². The van der Waals surface area contributed by atoms with Crippen LogP contribution in [0.3, 0.4) is 0 Å². The molecule has 0 aliphatic heterocycles. The van der Waals surface area contributed by atoms with Crippen LogP contribution >= 0.6 is 11.3 Å². The van der Waals surface area contributed by atoms with Crippen LogP contribution in [0, 0.1) is 0 Å². The molecule has 0 bridgehead atoms. The topological polar surface area (TPSA) is 99.6 Å². The van der Waals surface area contributed by atoms with E-state index in [1.54, 1.807) is 0 Å². The fourth-order valence-electron chi connectivity index (χ4n) is 2.15. The highest BCUT2D eigenvalue weighted by molar-refractivity contribution is 7.09. The molecule has 2 aromatic rings. The minimum absolute atomic E-state index is 0.0394. The molecular formula is C17H19N3O4S. The van der Waals surface area contributed by atoms with Crippen LogP contribution in [-0.2, 0) is 22.6 Å². The Morgan fingerprint density at radius 1 is 1.24 bits per heavy atom. The molecule has 2 rings (SSSR count). The zero-order valence-corrected chi connectivity index (χ0v) is 14.6. The summed E-state index contributed by atoms with van der Waals surface area (Å²) in [5.74, 6) is -1.58. The second kappa shape index (κ2) is 8.93. The number of carboxylic acid groups (broad SMARTS) is 1. The number of thiazole rings is 1. The Kier molecular flexibility index (Phi) is 6.64. The van der Waals surface area contributed by atoms with E-state index >= 15 is 0 Å². The Labute approximate surface area is 149 Å². The third-order valence-electron chi connectivity index (χ3n) is 3.50. The number of rotatable bonds is 8. The molecule has 0 spiro atoms. The van der Waals surface area contributed by atoms with Gasteiger partial charge in [-0.15, -0.1) is 11.3 Å². The number of carbonyl (C=O) groups is 3. The van der Waals surface area contributed by atoms with Gasteiger partial charge in [0.1, 0.15) is 5.01 Å². The second-order valence-electron chi connectivity index (χ2n) is 5.38. The number of hydrogen-bond acceptors (Lipinski definition) is 5. The van der Waals surface area contributed by atoms with E-state index < -0.39 is 5.97 Å². The van der Waals surface area contributed by atoms with Crippen LogP contribution < -0.4 is 5.32 Å². The van der Waals surface area contributed by atoms with E-state index in [2.05, 4.69) is 10.3 Å². The number of hydrogen-bond donors (Lipinski definition) is 2. The Bertz CT molecular complexity index is 745. The maximum absolute atomic E-state index is 12.0. The first kappa shape index (κ1) is 18.6. The zero-order chi connectivity index (χ0) is 18.2. The van der Waals surface area contributed by atoms with Gasteiger partial charge in [0.15, 0.2) is 5.69 Å². The number of benzene rings is 1. The molecular weight excluding hydrogens is 342 g/mol. The molecule has 0 aliphatic rings. The fourth-order valence-corrected chi connectivity index (χ4v) is 2.86. The quantitative estimate of drug-likeness (QED) is 0.743. The minimum Gasteiger partial charge on any atom is -0.476 e. The number of carboxylic acids is 1. The van der Waals surface area contributed by atoms with Crippen molar-refractivity contribution in [1.29, 1.82) is 0 Å². The van der Waals surface area contributed by atoms with Crippen molar-refractivity contribution in [1.82, 2.24) is 15.2 Å². The van der Waals surface area contributed by atoms with E-state index in [0.29, 0.717) is 18.0 Å². The summed E-state index contributed by atoms with van der Waals surface area (Å²) in [5.41, 5.74) is 1.06. The molecule has 7 nitrogen and oxygen atoms in total. The lowest BCUT2D eigenvalue weighted by Gasteiger charge is -2.20. The van der Waals surface area contributed by atoms with Crippen LogP contribution in [0.15, 0.2) is 35.7 Å². The van der Waals surface area contributed by atoms with Gasteiger partial charge in [-0.2, -0.15) is 0 Å². The van der Waals surface area contributed by atoms with E-state index in [-0.39, 0.29) is 30.6 Å². The molecule has 0 saturated carbocycles. The fraction of sp³-hybridized carbons (Fsp3) is 0.294. The van der Waals surface area contributed by atoms with Gasteiger partial charge in [0.2, 0.25) is 11.8 Å². The van der Waals surface area contributed by atoms with Crippen LogP contribution in [0.25, 0.3) is 0 Å². The van der Waals surface area contributed by atoms with Gasteiger partial charge >= 0.3 is 5.97 Å². The van der Waals surface area contributed by atoms with E-state index in [0.717, 1.165) is 5.56 Å². The standard InChI is InChI=1S/C17H19N3O4S/c1-12(21)20(8-7-13-5-3-2-4-6-13)10-15(22)18-9-16-19-14(11-25-16)17(23)24/h2-6,11H,7-10H2,1H3,(H,18,22)(H,23,24). The van der Waals surface area contributed by atoms with Gasteiger partial charge in [-0.1, -0.05) is 30.3 Å². The number of nitrogens with one attached hydrogen (secondary N) is 1. The smallest absolute Gasteiger partial charge is 0.355 e.